The van der Waals surface area contributed by atoms with Crippen LogP contribution in [0.1, 0.15) is 64.0 Å². The summed E-state index contributed by atoms with van der Waals surface area (Å²) in [6.07, 6.45) is 0.220. The zero-order chi connectivity index (χ0) is 32.8. The van der Waals surface area contributed by atoms with Gasteiger partial charge in [-0.2, -0.15) is 8.78 Å². The zero-order valence-corrected chi connectivity index (χ0v) is 24.5. The van der Waals surface area contributed by atoms with Crippen LogP contribution in [0.4, 0.5) is 17.6 Å². The third-order valence-corrected chi connectivity index (χ3v) is 7.38. The van der Waals surface area contributed by atoms with Crippen molar-refractivity contribution in [2.45, 2.75) is 76.8 Å². The fraction of sp³-hybridized carbons (Fsp3) is 0.452. The number of carbonyl (C=O) groups excluding carboxylic acids is 4. The number of nitrogens with one attached hydrogen (secondary N) is 2. The minimum atomic E-state index is -1.88. The normalized spacial score (nSPS) is 17.3. The second-order valence-corrected chi connectivity index (χ2v) is 11.7. The molecule has 1 aliphatic rings. The first-order valence-electron chi connectivity index (χ1n) is 14.0. The number of Topliss-reactive ketones (excluding diaryl/α,β-unsaturated/α-hetero) is 2. The largest absolute Gasteiger partial charge is 0.481 e. The van der Waals surface area contributed by atoms with Crippen molar-refractivity contribution >= 4 is 29.4 Å². The van der Waals surface area contributed by atoms with Crippen LogP contribution in [0.2, 0.25) is 0 Å². The highest BCUT2D eigenvalue weighted by Gasteiger charge is 2.32. The molecular formula is C31H34F4N2O7. The summed E-state index contributed by atoms with van der Waals surface area (Å²) in [5.74, 6) is -14.0. The van der Waals surface area contributed by atoms with Crippen LogP contribution in [0.3, 0.4) is 0 Å². The molecule has 0 radical (unpaired) electrons. The van der Waals surface area contributed by atoms with Crippen LogP contribution in [0.15, 0.2) is 30.3 Å². The summed E-state index contributed by atoms with van der Waals surface area (Å²) >= 11 is 0. The number of aliphatic carboxylic acids is 1. The fourth-order valence-corrected chi connectivity index (χ4v) is 5.06. The molecule has 9 nitrogen and oxygen atoms in total. The van der Waals surface area contributed by atoms with Crippen molar-refractivity contribution in [3.05, 3.63) is 64.7 Å². The summed E-state index contributed by atoms with van der Waals surface area (Å²) in [6, 6.07) is 5.31. The number of ether oxygens (including phenoxy) is 1. The number of hydrogen-bond donors (Lipinski definition) is 3. The Kier molecular flexibility index (Phi) is 11.2. The molecule has 0 aromatic heterocycles. The molecule has 2 aromatic carbocycles. The number of benzene rings is 2. The van der Waals surface area contributed by atoms with Gasteiger partial charge in [0, 0.05) is 24.4 Å². The molecule has 0 unspecified atom stereocenters. The van der Waals surface area contributed by atoms with Crippen LogP contribution < -0.4 is 15.4 Å². The maximum Gasteiger partial charge on any atom is 0.305 e. The predicted molar refractivity (Wildman–Crippen MR) is 149 cm³/mol. The number of halogens is 4. The van der Waals surface area contributed by atoms with E-state index in [2.05, 4.69) is 15.4 Å². The Hall–Kier alpha value is -4.29. The number of carboxylic acids is 1. The molecule has 238 valence electrons. The van der Waals surface area contributed by atoms with Crippen molar-refractivity contribution < 1.29 is 51.4 Å². The van der Waals surface area contributed by atoms with Gasteiger partial charge in [-0.1, -0.05) is 45.0 Å². The highest BCUT2D eigenvalue weighted by atomic mass is 19.2. The smallest absolute Gasteiger partial charge is 0.305 e. The fourth-order valence-electron chi connectivity index (χ4n) is 5.06. The maximum atomic E-state index is 13.8. The summed E-state index contributed by atoms with van der Waals surface area (Å²) < 4.78 is 59.1. The molecule has 1 saturated carbocycles. The van der Waals surface area contributed by atoms with Crippen molar-refractivity contribution in [2.24, 2.45) is 5.92 Å². The van der Waals surface area contributed by atoms with Crippen LogP contribution in [-0.4, -0.2) is 53.1 Å². The van der Waals surface area contributed by atoms with Crippen molar-refractivity contribution in [1.29, 1.82) is 0 Å². The molecule has 0 heterocycles. The Morgan fingerprint density at radius 1 is 0.955 bits per heavy atom. The molecule has 0 bridgehead atoms. The van der Waals surface area contributed by atoms with E-state index in [1.54, 1.807) is 6.07 Å². The average molecular weight is 623 g/mol. The number of carboxylic acid groups (broad SMARTS) is 1. The lowest BCUT2D eigenvalue weighted by Gasteiger charge is -2.29. The van der Waals surface area contributed by atoms with Crippen molar-refractivity contribution in [2.75, 3.05) is 6.61 Å². The number of ketones is 2. The first-order valence-corrected chi connectivity index (χ1v) is 14.0. The lowest BCUT2D eigenvalue weighted by atomic mass is 9.82. The van der Waals surface area contributed by atoms with E-state index >= 15 is 0 Å². The van der Waals surface area contributed by atoms with E-state index in [0.29, 0.717) is 12.8 Å². The summed E-state index contributed by atoms with van der Waals surface area (Å²) in [5, 5.41) is 14.2. The van der Waals surface area contributed by atoms with Crippen molar-refractivity contribution in [3.63, 3.8) is 0 Å². The molecule has 0 saturated heterocycles. The van der Waals surface area contributed by atoms with Gasteiger partial charge in [0.25, 0.3) is 5.91 Å². The molecule has 3 N–H and O–H groups in total. The van der Waals surface area contributed by atoms with E-state index in [-0.39, 0.29) is 36.8 Å². The molecule has 0 spiro atoms. The lowest BCUT2D eigenvalue weighted by Crippen LogP contribution is -2.48. The van der Waals surface area contributed by atoms with Crippen LogP contribution in [0, 0.1) is 29.2 Å². The number of amides is 2. The van der Waals surface area contributed by atoms with Gasteiger partial charge < -0.3 is 20.5 Å². The quantitative estimate of drug-likeness (QED) is 0.185. The van der Waals surface area contributed by atoms with Gasteiger partial charge in [-0.25, -0.2) is 8.78 Å². The standard InChI is InChI=1S/C31H34F4N2O7/c1-31(2,3)19-7-5-4-6-17(19)12-23(38)30(43)36-18-10-8-16(9-11-18)29(42)37-22(14-25(40)41)24(39)15-44-28-26(34)20(32)13-21(33)27(28)35/h4-7,13,16,18,22H,8-12,14-15H2,1-3H3,(H,36,43)(H,37,42)(H,40,41)/t16?,18?,22-/m0/s1. The topological polar surface area (TPSA) is 139 Å². The van der Waals surface area contributed by atoms with Crippen molar-refractivity contribution in [1.82, 2.24) is 10.6 Å². The highest BCUT2D eigenvalue weighted by molar-refractivity contribution is 6.36. The van der Waals surface area contributed by atoms with Gasteiger partial charge in [-0.15, -0.1) is 0 Å². The van der Waals surface area contributed by atoms with E-state index in [0.717, 1.165) is 11.1 Å². The third kappa shape index (κ3) is 8.87. The Morgan fingerprint density at radius 3 is 2.11 bits per heavy atom. The van der Waals surface area contributed by atoms with Gasteiger partial charge >= 0.3 is 5.97 Å². The molecule has 1 aliphatic carbocycles. The molecule has 3 rings (SSSR count). The van der Waals surface area contributed by atoms with E-state index < -0.39 is 83.4 Å². The van der Waals surface area contributed by atoms with Gasteiger partial charge in [-0.05, 0) is 42.2 Å². The van der Waals surface area contributed by atoms with Gasteiger partial charge in [0.1, 0.15) is 12.6 Å². The van der Waals surface area contributed by atoms with E-state index in [1.807, 2.05) is 39.0 Å². The zero-order valence-electron chi connectivity index (χ0n) is 24.5. The molecule has 0 aliphatic heterocycles. The van der Waals surface area contributed by atoms with Gasteiger partial charge in [-0.3, -0.25) is 24.0 Å². The Morgan fingerprint density at radius 2 is 1.55 bits per heavy atom. The van der Waals surface area contributed by atoms with Crippen LogP contribution in [-0.2, 0) is 35.8 Å². The van der Waals surface area contributed by atoms with Crippen LogP contribution >= 0.6 is 0 Å². The maximum absolute atomic E-state index is 13.8. The summed E-state index contributed by atoms with van der Waals surface area (Å²) in [7, 11) is 0. The van der Waals surface area contributed by atoms with E-state index in [4.69, 9.17) is 0 Å². The lowest BCUT2D eigenvalue weighted by molar-refractivity contribution is -0.141. The minimum Gasteiger partial charge on any atom is -0.481 e. The summed E-state index contributed by atoms with van der Waals surface area (Å²) in [6.45, 7) is 4.85. The second-order valence-electron chi connectivity index (χ2n) is 11.7. The number of hydrogen-bond acceptors (Lipinski definition) is 6. The summed E-state index contributed by atoms with van der Waals surface area (Å²) in [5.41, 5.74) is 1.50. The van der Waals surface area contributed by atoms with E-state index in [1.165, 1.54) is 0 Å². The molecule has 2 aromatic rings. The Labute approximate surface area is 251 Å². The van der Waals surface area contributed by atoms with Gasteiger partial charge in [0.05, 0.1) is 6.42 Å². The van der Waals surface area contributed by atoms with Crippen LogP contribution in [0.25, 0.3) is 0 Å². The third-order valence-electron chi connectivity index (χ3n) is 7.38. The molecule has 1 atom stereocenters. The minimum absolute atomic E-state index is 0.0435. The van der Waals surface area contributed by atoms with Crippen LogP contribution in [0.5, 0.6) is 5.75 Å². The molecule has 1 fully saturated rings. The first kappa shape index (κ1) is 34.2. The number of carbonyl (C=O) groups is 5. The van der Waals surface area contributed by atoms with Gasteiger partial charge in [0.15, 0.2) is 23.2 Å². The molecular weight excluding hydrogens is 588 g/mol. The monoisotopic (exact) mass is 622 g/mol. The Bertz CT molecular complexity index is 1410. The SMILES string of the molecule is CC(C)(C)c1ccccc1CC(=O)C(=O)NC1CCC(C(=O)N[C@@H](CC(=O)O)C(=O)COc2c(F)c(F)cc(F)c2F)CC1. The Balaban J connectivity index is 1.53. The van der Waals surface area contributed by atoms with Gasteiger partial charge in [0.2, 0.25) is 23.3 Å². The van der Waals surface area contributed by atoms with E-state index in [9.17, 15) is 46.6 Å². The summed E-state index contributed by atoms with van der Waals surface area (Å²) in [4.78, 5) is 62.1. The second kappa shape index (κ2) is 14.5. The molecule has 13 heteroatoms. The molecule has 44 heavy (non-hydrogen) atoms. The highest BCUT2D eigenvalue weighted by Crippen LogP contribution is 2.28. The first-order chi connectivity index (χ1) is 20.6. The molecule has 2 amide bonds. The number of rotatable bonds is 12. The average Bonchev–Trinajstić information content (AvgIpc) is 2.95. The van der Waals surface area contributed by atoms with Crippen molar-refractivity contribution in [3.8, 4) is 5.75 Å². The predicted octanol–water partition coefficient (Wildman–Crippen LogP) is 3.93.